The molecule has 40 heavy (non-hydrogen) atoms. The molecule has 2 aliphatic rings. The lowest BCUT2D eigenvalue weighted by Gasteiger charge is -2.46. The highest BCUT2D eigenvalue weighted by Crippen LogP contribution is 2.28. The molecule has 1 atom stereocenters. The van der Waals surface area contributed by atoms with E-state index in [4.69, 9.17) is 9.52 Å². The number of halogens is 2. The number of benzene rings is 1. The third-order valence-electron chi connectivity index (χ3n) is 6.83. The summed E-state index contributed by atoms with van der Waals surface area (Å²) >= 11 is 0. The number of nitrogens with zero attached hydrogens (tertiary/aromatic N) is 6. The summed E-state index contributed by atoms with van der Waals surface area (Å²) in [6.45, 7) is 7.48. The number of rotatable bonds is 9. The van der Waals surface area contributed by atoms with Crippen LogP contribution in [0.2, 0.25) is 0 Å². The van der Waals surface area contributed by atoms with Crippen molar-refractivity contribution >= 4 is 23.1 Å². The van der Waals surface area contributed by atoms with E-state index in [2.05, 4.69) is 20.1 Å². The fraction of sp³-hybridized carbons (Fsp3) is 0.481. The van der Waals surface area contributed by atoms with E-state index < -0.39 is 23.3 Å². The maximum atomic E-state index is 13.9. The molecule has 3 aromatic rings. The average Bonchev–Trinajstić information content (AvgIpc) is 3.43. The molecule has 1 aromatic carbocycles. The maximum absolute atomic E-state index is 13.9. The van der Waals surface area contributed by atoms with Crippen molar-refractivity contribution in [1.82, 2.24) is 25.0 Å². The molecule has 13 heteroatoms. The number of amides is 1. The number of pyridine rings is 1. The van der Waals surface area contributed by atoms with Crippen molar-refractivity contribution in [3.8, 4) is 11.5 Å². The third-order valence-corrected chi connectivity index (χ3v) is 8.65. The van der Waals surface area contributed by atoms with Crippen LogP contribution in [0.5, 0.6) is 0 Å². The van der Waals surface area contributed by atoms with Crippen LogP contribution >= 0.6 is 0 Å². The molecular formula is C27H34F2N6O4S. The molecule has 0 bridgehead atoms. The Kier molecular flexibility index (Phi) is 10.3. The number of carbonyl (C=O) groups is 1. The van der Waals surface area contributed by atoms with Gasteiger partial charge in [-0.25, -0.2) is 4.21 Å². The topological polar surface area (TPSA) is 116 Å². The summed E-state index contributed by atoms with van der Waals surface area (Å²) in [6.07, 6.45) is 1.17. The Morgan fingerprint density at radius 1 is 1.20 bits per heavy atom. The van der Waals surface area contributed by atoms with Crippen molar-refractivity contribution in [2.24, 2.45) is 0 Å². The monoisotopic (exact) mass is 576 g/mol. The molecule has 216 valence electrons. The van der Waals surface area contributed by atoms with Crippen molar-refractivity contribution in [3.05, 3.63) is 59.7 Å². The lowest BCUT2D eigenvalue weighted by atomic mass is 10.0. The van der Waals surface area contributed by atoms with Gasteiger partial charge < -0.3 is 14.4 Å². The number of hydrogen-bond acceptors (Lipinski definition) is 8. The number of aryl methyl sites for hydroxylation is 1. The van der Waals surface area contributed by atoms with Crippen molar-refractivity contribution in [2.45, 2.75) is 51.0 Å². The van der Waals surface area contributed by atoms with E-state index in [-0.39, 0.29) is 17.7 Å². The first-order valence-corrected chi connectivity index (χ1v) is 14.4. The SMILES string of the molecule is CCO.Cc1cccc(N(Cc2ccc(-c3nnc(C(F)F)o3)cn2)S(=O)C2CCN(C3CN(C=O)C3)CC2)c1. The molecule has 2 saturated heterocycles. The van der Waals surface area contributed by atoms with E-state index in [9.17, 15) is 17.8 Å². The van der Waals surface area contributed by atoms with Crippen LogP contribution in [0.4, 0.5) is 14.5 Å². The second kappa shape index (κ2) is 13.9. The van der Waals surface area contributed by atoms with Gasteiger partial charge in [-0.1, -0.05) is 12.1 Å². The fourth-order valence-corrected chi connectivity index (χ4v) is 6.26. The van der Waals surface area contributed by atoms with Crippen LogP contribution in [-0.4, -0.2) is 84.8 Å². The molecule has 0 aliphatic carbocycles. The minimum absolute atomic E-state index is 0.00412. The van der Waals surface area contributed by atoms with E-state index in [1.807, 2.05) is 35.5 Å². The first-order valence-electron chi connectivity index (χ1n) is 13.2. The fourth-order valence-electron chi connectivity index (χ4n) is 4.70. The number of piperidine rings is 1. The highest BCUT2D eigenvalue weighted by Gasteiger charge is 2.35. The average molecular weight is 577 g/mol. The maximum Gasteiger partial charge on any atom is 0.314 e. The molecular weight excluding hydrogens is 542 g/mol. The van der Waals surface area contributed by atoms with Crippen LogP contribution in [-0.2, 0) is 22.3 Å². The molecule has 0 radical (unpaired) electrons. The minimum Gasteiger partial charge on any atom is -0.415 e. The lowest BCUT2D eigenvalue weighted by molar-refractivity contribution is -0.125. The molecule has 0 saturated carbocycles. The first-order chi connectivity index (χ1) is 19.3. The van der Waals surface area contributed by atoms with Crippen molar-refractivity contribution < 1.29 is 27.3 Å². The Morgan fingerprint density at radius 2 is 1.93 bits per heavy atom. The summed E-state index contributed by atoms with van der Waals surface area (Å²) in [4.78, 5) is 19.5. The Morgan fingerprint density at radius 3 is 2.50 bits per heavy atom. The molecule has 10 nitrogen and oxygen atoms in total. The van der Waals surface area contributed by atoms with Gasteiger partial charge in [0, 0.05) is 37.6 Å². The number of aliphatic hydroxyl groups excluding tert-OH is 1. The quantitative estimate of drug-likeness (QED) is 0.386. The van der Waals surface area contributed by atoms with Crippen molar-refractivity contribution in [2.75, 3.05) is 37.1 Å². The molecule has 2 aliphatic heterocycles. The van der Waals surface area contributed by atoms with Gasteiger partial charge in [0.15, 0.2) is 0 Å². The zero-order valence-corrected chi connectivity index (χ0v) is 23.3. The van der Waals surface area contributed by atoms with E-state index in [0.29, 0.717) is 23.8 Å². The zero-order valence-electron chi connectivity index (χ0n) is 22.5. The molecule has 1 amide bonds. The second-order valence-electron chi connectivity index (χ2n) is 9.70. The molecule has 1 N–H and O–H groups in total. The lowest BCUT2D eigenvalue weighted by Crippen LogP contribution is -2.60. The summed E-state index contributed by atoms with van der Waals surface area (Å²) in [5, 5.41) is 14.6. The largest absolute Gasteiger partial charge is 0.415 e. The van der Waals surface area contributed by atoms with Gasteiger partial charge in [-0.2, -0.15) is 8.78 Å². The summed E-state index contributed by atoms with van der Waals surface area (Å²) in [5.41, 5.74) is 3.02. The summed E-state index contributed by atoms with van der Waals surface area (Å²) in [5.74, 6) is -0.757. The number of likely N-dealkylation sites (tertiary alicyclic amines) is 2. The highest BCUT2D eigenvalue weighted by atomic mass is 32.2. The molecule has 5 rings (SSSR count). The van der Waals surface area contributed by atoms with E-state index in [1.54, 1.807) is 24.0 Å². The standard InChI is InChI=1S/C25H28F2N6O3S.C2H6O/c1-17-3-2-4-20(11-17)33(37(35)22-7-9-32(10-8-22)21-14-31(15-21)16-34)13-19-6-5-18(12-28-19)24-29-30-25(36-24)23(26)27;1-2-3/h2-6,11-12,16,21-23H,7-10,13-15H2,1H3;3H,2H2,1H3. The predicted octanol–water partition coefficient (Wildman–Crippen LogP) is 3.35. The summed E-state index contributed by atoms with van der Waals surface area (Å²) in [6, 6.07) is 11.7. The van der Waals surface area contributed by atoms with E-state index in [0.717, 1.165) is 56.7 Å². The molecule has 2 aromatic heterocycles. The Bertz CT molecular complexity index is 1260. The second-order valence-corrected chi connectivity index (χ2v) is 11.4. The highest BCUT2D eigenvalue weighted by molar-refractivity contribution is 7.87. The van der Waals surface area contributed by atoms with Gasteiger partial charge in [-0.05, 0) is 69.6 Å². The normalized spacial score (nSPS) is 17.2. The molecule has 4 heterocycles. The number of anilines is 1. The Balaban J connectivity index is 0.00000118. The molecule has 1 unspecified atom stereocenters. The Labute approximate surface area is 234 Å². The van der Waals surface area contributed by atoms with Crippen LogP contribution in [0.1, 0.15) is 43.3 Å². The van der Waals surface area contributed by atoms with Gasteiger partial charge in [0.05, 0.1) is 23.1 Å². The van der Waals surface area contributed by atoms with Gasteiger partial charge in [0.25, 0.3) is 5.89 Å². The predicted molar refractivity (Wildman–Crippen MR) is 147 cm³/mol. The van der Waals surface area contributed by atoms with Crippen LogP contribution in [0.15, 0.2) is 47.0 Å². The van der Waals surface area contributed by atoms with Crippen molar-refractivity contribution in [3.63, 3.8) is 0 Å². The molecule has 2 fully saturated rings. The number of hydrogen-bond donors (Lipinski definition) is 1. The summed E-state index contributed by atoms with van der Waals surface area (Å²) < 4.78 is 46.3. The van der Waals surface area contributed by atoms with Crippen LogP contribution in [0, 0.1) is 6.92 Å². The van der Waals surface area contributed by atoms with Gasteiger partial charge in [0.2, 0.25) is 12.3 Å². The van der Waals surface area contributed by atoms with Crippen LogP contribution in [0.3, 0.4) is 0 Å². The summed E-state index contributed by atoms with van der Waals surface area (Å²) in [7, 11) is -1.29. The van der Waals surface area contributed by atoms with Crippen LogP contribution < -0.4 is 4.31 Å². The van der Waals surface area contributed by atoms with Gasteiger partial charge in [-0.15, -0.1) is 10.2 Å². The number of alkyl halides is 2. The number of aliphatic hydroxyl groups is 1. The van der Waals surface area contributed by atoms with Crippen LogP contribution in [0.25, 0.3) is 11.5 Å². The van der Waals surface area contributed by atoms with Gasteiger partial charge in [0.1, 0.15) is 11.0 Å². The molecule has 0 spiro atoms. The third kappa shape index (κ3) is 7.26. The number of aromatic nitrogens is 3. The van der Waals surface area contributed by atoms with Crippen molar-refractivity contribution in [1.29, 1.82) is 0 Å². The van der Waals surface area contributed by atoms with Gasteiger partial charge in [-0.3, -0.25) is 19.0 Å². The van der Waals surface area contributed by atoms with E-state index >= 15 is 0 Å². The van der Waals surface area contributed by atoms with E-state index in [1.165, 1.54) is 6.20 Å². The first kappa shape index (κ1) is 29.7. The van der Waals surface area contributed by atoms with Gasteiger partial charge >= 0.3 is 6.43 Å². The zero-order chi connectivity index (χ0) is 28.6. The minimum atomic E-state index is -2.84. The number of carbonyl (C=O) groups excluding carboxylic acids is 1. The smallest absolute Gasteiger partial charge is 0.314 e. The Hall–Kier alpha value is -3.29.